The first-order valence-corrected chi connectivity index (χ1v) is 10.3. The third-order valence-corrected chi connectivity index (χ3v) is 5.92. The maximum absolute atomic E-state index is 11.3. The van der Waals surface area contributed by atoms with Gasteiger partial charge >= 0.3 is 96.1 Å². The predicted molar refractivity (Wildman–Crippen MR) is 60.9 cm³/mol. The van der Waals surface area contributed by atoms with E-state index in [-0.39, 0.29) is 0 Å². The fraction of sp³-hybridized carbons (Fsp3) is 1.00. The average Bonchev–Trinajstić information content (AvgIpc) is 2.20. The zero-order valence-corrected chi connectivity index (χ0v) is 12.5. The van der Waals surface area contributed by atoms with Crippen molar-refractivity contribution in [2.24, 2.45) is 0 Å². The van der Waals surface area contributed by atoms with Crippen molar-refractivity contribution in [3.05, 3.63) is 0 Å². The molecule has 0 aliphatic carbocycles. The standard InChI is InChI=1S/C7H15O.C4H9.O.Sn/c1-2-3-4-5-6-7-8;1-3-4-2;;/h2-7H2,1H3;1,3-4H2,2H3;;/q-1;;;+1. The molecule has 14 heavy (non-hydrogen) atoms. The Kier molecular flexibility index (Phi) is 12.1. The molecule has 0 aliphatic heterocycles. The van der Waals surface area contributed by atoms with Gasteiger partial charge in [0.05, 0.1) is 0 Å². The van der Waals surface area contributed by atoms with Crippen LogP contribution >= 0.6 is 0 Å². The molecule has 0 rings (SSSR count). The van der Waals surface area contributed by atoms with E-state index in [0.717, 1.165) is 30.3 Å². The van der Waals surface area contributed by atoms with Crippen LogP contribution in [0.3, 0.4) is 0 Å². The molecule has 0 spiro atoms. The van der Waals surface area contributed by atoms with E-state index in [1.54, 1.807) is 0 Å². The van der Waals surface area contributed by atoms with Gasteiger partial charge in [-0.1, -0.05) is 0 Å². The summed E-state index contributed by atoms with van der Waals surface area (Å²) in [7, 11) is 0. The molecule has 84 valence electrons. The van der Waals surface area contributed by atoms with Crippen molar-refractivity contribution in [2.45, 2.75) is 63.2 Å². The zero-order chi connectivity index (χ0) is 10.6. The molecular weight excluding hydrogens is 283 g/mol. The molecule has 3 heteroatoms. The molecule has 0 unspecified atom stereocenters. The van der Waals surface area contributed by atoms with Crippen molar-refractivity contribution in [1.82, 2.24) is 0 Å². The van der Waals surface area contributed by atoms with Crippen molar-refractivity contribution in [1.29, 1.82) is 0 Å². The van der Waals surface area contributed by atoms with Gasteiger partial charge in [0.2, 0.25) is 0 Å². The topological polar surface area (TPSA) is 26.3 Å². The summed E-state index contributed by atoms with van der Waals surface area (Å²) >= 11 is -2.55. The van der Waals surface area contributed by atoms with Gasteiger partial charge < -0.3 is 0 Å². The first kappa shape index (κ1) is 14.6. The number of hydrogen-bond donors (Lipinski definition) is 0. The van der Waals surface area contributed by atoms with Gasteiger partial charge in [-0.05, 0) is 0 Å². The van der Waals surface area contributed by atoms with Crippen molar-refractivity contribution in [2.75, 3.05) is 6.61 Å². The van der Waals surface area contributed by atoms with E-state index >= 15 is 0 Å². The number of unbranched alkanes of at least 4 members (excludes halogenated alkanes) is 5. The van der Waals surface area contributed by atoms with Crippen LogP contribution < -0.4 is 0 Å². The summed E-state index contributed by atoms with van der Waals surface area (Å²) in [6.45, 7) is 5.08. The molecule has 0 atom stereocenters. The molecule has 0 aromatic rings. The van der Waals surface area contributed by atoms with Gasteiger partial charge in [0.25, 0.3) is 0 Å². The van der Waals surface area contributed by atoms with Gasteiger partial charge in [-0.15, -0.1) is 0 Å². The molecule has 0 radical (unpaired) electrons. The van der Waals surface area contributed by atoms with Gasteiger partial charge in [-0.2, -0.15) is 0 Å². The van der Waals surface area contributed by atoms with Crippen LogP contribution in [0.2, 0.25) is 4.44 Å². The van der Waals surface area contributed by atoms with Crippen molar-refractivity contribution in [3.63, 3.8) is 0 Å². The summed E-state index contributed by atoms with van der Waals surface area (Å²) in [5.41, 5.74) is 0. The molecule has 0 aromatic carbocycles. The summed E-state index contributed by atoms with van der Waals surface area (Å²) in [5, 5.41) is 0. The van der Waals surface area contributed by atoms with Gasteiger partial charge in [0.15, 0.2) is 0 Å². The molecule has 0 fully saturated rings. The molecule has 0 heterocycles. The fourth-order valence-electron chi connectivity index (χ4n) is 1.28. The quantitative estimate of drug-likeness (QED) is 0.454. The van der Waals surface area contributed by atoms with Crippen LogP contribution in [0.4, 0.5) is 0 Å². The molecule has 0 amide bonds. The van der Waals surface area contributed by atoms with Crippen LogP contribution in [0.5, 0.6) is 0 Å². The van der Waals surface area contributed by atoms with Crippen molar-refractivity contribution >= 4 is 20.2 Å². The van der Waals surface area contributed by atoms with E-state index < -0.39 is 20.2 Å². The van der Waals surface area contributed by atoms with E-state index in [0.29, 0.717) is 0 Å². The fourth-order valence-corrected chi connectivity index (χ4v) is 4.59. The predicted octanol–water partition coefficient (Wildman–Crippen LogP) is 3.69. The SMILES string of the molecule is CCCCCCC[O][Sn](=[O])[CH2]CCC. The Labute approximate surface area is 96.1 Å². The Balaban J connectivity index is 3.07. The second-order valence-electron chi connectivity index (χ2n) is 3.74. The van der Waals surface area contributed by atoms with Crippen LogP contribution in [0, 0.1) is 0 Å². The van der Waals surface area contributed by atoms with E-state index in [4.69, 9.17) is 3.07 Å². The monoisotopic (exact) mass is 308 g/mol. The summed E-state index contributed by atoms with van der Waals surface area (Å²) in [4.78, 5) is 0. The molecule has 0 aliphatic rings. The Hall–Kier alpha value is 0.559. The molecule has 0 saturated heterocycles. The molecule has 0 N–H and O–H groups in total. The van der Waals surface area contributed by atoms with Gasteiger partial charge in [-0.3, -0.25) is 0 Å². The van der Waals surface area contributed by atoms with Crippen molar-refractivity contribution < 1.29 is 6.15 Å². The Morgan fingerprint density at radius 2 is 1.57 bits per heavy atom. The first-order chi connectivity index (χ1) is 6.81. The minimum atomic E-state index is -2.55. The van der Waals surface area contributed by atoms with E-state index in [1.807, 2.05) is 0 Å². The normalized spacial score (nSPS) is 10.4. The zero-order valence-electron chi connectivity index (χ0n) is 9.68. The second-order valence-corrected chi connectivity index (χ2v) is 8.11. The van der Waals surface area contributed by atoms with Gasteiger partial charge in [0.1, 0.15) is 0 Å². The Morgan fingerprint density at radius 3 is 2.21 bits per heavy atom. The summed E-state index contributed by atoms with van der Waals surface area (Å²) < 4.78 is 17.6. The third-order valence-electron chi connectivity index (χ3n) is 2.25. The van der Waals surface area contributed by atoms with Crippen LogP contribution in [0.15, 0.2) is 0 Å². The molecule has 0 bridgehead atoms. The Morgan fingerprint density at radius 1 is 0.929 bits per heavy atom. The van der Waals surface area contributed by atoms with Gasteiger partial charge in [-0.25, -0.2) is 0 Å². The molecule has 2 nitrogen and oxygen atoms in total. The van der Waals surface area contributed by atoms with Gasteiger partial charge in [0, 0.05) is 0 Å². The third kappa shape index (κ3) is 10.6. The second kappa shape index (κ2) is 11.6. The summed E-state index contributed by atoms with van der Waals surface area (Å²) in [6, 6.07) is 0. The summed E-state index contributed by atoms with van der Waals surface area (Å²) in [5.74, 6) is 0. The van der Waals surface area contributed by atoms with Crippen molar-refractivity contribution in [3.8, 4) is 0 Å². The minimum absolute atomic E-state index is 0.742. The number of hydrogen-bond acceptors (Lipinski definition) is 2. The van der Waals surface area contributed by atoms with Crippen LogP contribution in [0.1, 0.15) is 58.8 Å². The summed E-state index contributed by atoms with van der Waals surface area (Å²) in [6.07, 6.45) is 8.43. The maximum atomic E-state index is 11.3. The first-order valence-electron chi connectivity index (χ1n) is 5.96. The molecular formula is C11H24O2Sn. The van der Waals surface area contributed by atoms with Crippen LogP contribution in [-0.4, -0.2) is 26.8 Å². The van der Waals surface area contributed by atoms with Crippen LogP contribution in [0.25, 0.3) is 0 Å². The molecule has 0 saturated carbocycles. The van der Waals surface area contributed by atoms with E-state index in [9.17, 15) is 3.08 Å². The van der Waals surface area contributed by atoms with E-state index in [2.05, 4.69) is 13.8 Å². The van der Waals surface area contributed by atoms with E-state index in [1.165, 1.54) is 25.7 Å². The average molecular weight is 307 g/mol. The molecule has 0 aromatic heterocycles. The van der Waals surface area contributed by atoms with Crippen LogP contribution in [-0.2, 0) is 6.15 Å². The Bertz CT molecular complexity index is 137. The number of rotatable bonds is 10.